The topological polar surface area (TPSA) is 97.9 Å². The van der Waals surface area contributed by atoms with E-state index in [-0.39, 0.29) is 5.91 Å². The van der Waals surface area contributed by atoms with Gasteiger partial charge < -0.3 is 15.1 Å². The van der Waals surface area contributed by atoms with Gasteiger partial charge in [-0.25, -0.2) is 4.68 Å². The summed E-state index contributed by atoms with van der Waals surface area (Å²) in [5, 5.41) is 18.3. The molecule has 0 fully saturated rings. The Morgan fingerprint density at radius 2 is 2.13 bits per heavy atom. The van der Waals surface area contributed by atoms with Crippen LogP contribution >= 0.6 is 0 Å². The average Bonchev–Trinajstić information content (AvgIpc) is 3.23. The third-order valence-corrected chi connectivity index (χ3v) is 3.07. The van der Waals surface area contributed by atoms with Crippen molar-refractivity contribution in [1.82, 2.24) is 25.3 Å². The lowest BCUT2D eigenvalue weighted by atomic mass is 10.4. The summed E-state index contributed by atoms with van der Waals surface area (Å²) in [6, 6.07) is 8.82. The van der Waals surface area contributed by atoms with Gasteiger partial charge in [-0.1, -0.05) is 0 Å². The summed E-state index contributed by atoms with van der Waals surface area (Å²) in [5.41, 5.74) is 0.918. The molecular weight excluding hydrogens is 296 g/mol. The zero-order valence-corrected chi connectivity index (χ0v) is 12.6. The number of nitrogens with one attached hydrogen (secondary N) is 2. The van der Waals surface area contributed by atoms with Crippen LogP contribution in [0.4, 0.5) is 5.82 Å². The summed E-state index contributed by atoms with van der Waals surface area (Å²) >= 11 is 0. The normalized spacial score (nSPS) is 10.5. The number of hydrogen-bond acceptors (Lipinski definition) is 6. The molecule has 0 aliphatic carbocycles. The monoisotopic (exact) mass is 312 g/mol. The molecule has 0 bridgehead atoms. The quantitative estimate of drug-likeness (QED) is 0.668. The minimum atomic E-state index is -0.243. The summed E-state index contributed by atoms with van der Waals surface area (Å²) in [6.45, 7) is 2.89. The molecule has 0 unspecified atom stereocenters. The van der Waals surface area contributed by atoms with E-state index in [4.69, 9.17) is 4.42 Å². The number of aromatic nitrogens is 4. The van der Waals surface area contributed by atoms with Gasteiger partial charge in [0.25, 0.3) is 5.91 Å². The molecule has 118 valence electrons. The van der Waals surface area contributed by atoms with Crippen LogP contribution < -0.4 is 10.6 Å². The summed E-state index contributed by atoms with van der Waals surface area (Å²) in [7, 11) is 0. The van der Waals surface area contributed by atoms with Crippen molar-refractivity contribution in [1.29, 1.82) is 0 Å². The third-order valence-electron chi connectivity index (χ3n) is 3.07. The van der Waals surface area contributed by atoms with Gasteiger partial charge >= 0.3 is 0 Å². The van der Waals surface area contributed by atoms with E-state index in [1.165, 1.54) is 6.26 Å². The molecule has 0 aliphatic rings. The standard InChI is InChI=1S/C15H16N6O2/c1-11-6-9-21(20-11)14-5-4-13(18-19-14)16-7-8-17-15(22)12-3-2-10-23-12/h2-6,9-10H,7-8H2,1H3,(H,16,18)(H,17,22). The maximum Gasteiger partial charge on any atom is 0.287 e. The Morgan fingerprint density at radius 1 is 1.22 bits per heavy atom. The van der Waals surface area contributed by atoms with Crippen LogP contribution in [0.25, 0.3) is 5.82 Å². The van der Waals surface area contributed by atoms with Gasteiger partial charge in [-0.3, -0.25) is 4.79 Å². The summed E-state index contributed by atoms with van der Waals surface area (Å²) in [4.78, 5) is 11.7. The smallest absolute Gasteiger partial charge is 0.287 e. The molecule has 3 aromatic rings. The van der Waals surface area contributed by atoms with Crippen LogP contribution in [0.2, 0.25) is 0 Å². The maximum absolute atomic E-state index is 11.7. The van der Waals surface area contributed by atoms with Gasteiger partial charge in [-0.05, 0) is 37.3 Å². The van der Waals surface area contributed by atoms with Crippen molar-refractivity contribution >= 4 is 11.7 Å². The Bertz CT molecular complexity index is 764. The lowest BCUT2D eigenvalue weighted by molar-refractivity contribution is 0.0927. The summed E-state index contributed by atoms with van der Waals surface area (Å²) in [6.07, 6.45) is 3.29. The van der Waals surface area contributed by atoms with Crippen LogP contribution in [0.1, 0.15) is 16.2 Å². The molecule has 3 aromatic heterocycles. The van der Waals surface area contributed by atoms with Gasteiger partial charge in [0.2, 0.25) is 0 Å². The number of furan rings is 1. The molecule has 0 aliphatic heterocycles. The van der Waals surface area contributed by atoms with Gasteiger partial charge in [0, 0.05) is 19.3 Å². The average molecular weight is 312 g/mol. The first-order chi connectivity index (χ1) is 11.2. The highest BCUT2D eigenvalue weighted by molar-refractivity contribution is 5.91. The van der Waals surface area contributed by atoms with E-state index in [0.717, 1.165) is 5.69 Å². The van der Waals surface area contributed by atoms with Gasteiger partial charge in [-0.2, -0.15) is 5.10 Å². The Balaban J connectivity index is 1.46. The number of carbonyl (C=O) groups is 1. The van der Waals surface area contributed by atoms with E-state index in [1.54, 1.807) is 16.8 Å². The van der Waals surface area contributed by atoms with Crippen molar-refractivity contribution in [2.45, 2.75) is 6.92 Å². The SMILES string of the molecule is Cc1ccn(-c2ccc(NCCNC(=O)c3ccco3)nn2)n1. The van der Waals surface area contributed by atoms with Crippen molar-refractivity contribution < 1.29 is 9.21 Å². The van der Waals surface area contributed by atoms with Gasteiger partial charge in [0.1, 0.15) is 5.82 Å². The van der Waals surface area contributed by atoms with Crippen LogP contribution in [0, 0.1) is 6.92 Å². The molecule has 0 saturated heterocycles. The highest BCUT2D eigenvalue weighted by Gasteiger charge is 2.06. The fourth-order valence-corrected chi connectivity index (χ4v) is 1.95. The van der Waals surface area contributed by atoms with Crippen LogP contribution in [0.5, 0.6) is 0 Å². The number of aryl methyl sites for hydroxylation is 1. The van der Waals surface area contributed by atoms with E-state index < -0.39 is 0 Å². The maximum atomic E-state index is 11.7. The number of nitrogens with zero attached hydrogens (tertiary/aromatic N) is 4. The van der Waals surface area contributed by atoms with Crippen LogP contribution in [0.15, 0.2) is 47.2 Å². The lowest BCUT2D eigenvalue weighted by Crippen LogP contribution is -2.28. The summed E-state index contributed by atoms with van der Waals surface area (Å²) < 4.78 is 6.67. The largest absolute Gasteiger partial charge is 0.459 e. The van der Waals surface area contributed by atoms with Crippen molar-refractivity contribution in [2.75, 3.05) is 18.4 Å². The molecule has 3 heterocycles. The molecule has 0 saturated carbocycles. The van der Waals surface area contributed by atoms with E-state index in [2.05, 4.69) is 25.9 Å². The molecule has 0 aromatic carbocycles. The molecule has 0 radical (unpaired) electrons. The second-order valence-electron chi connectivity index (χ2n) is 4.84. The highest BCUT2D eigenvalue weighted by Crippen LogP contribution is 2.06. The molecule has 3 rings (SSSR count). The number of amides is 1. The van der Waals surface area contributed by atoms with E-state index >= 15 is 0 Å². The second-order valence-corrected chi connectivity index (χ2v) is 4.84. The van der Waals surface area contributed by atoms with Crippen molar-refractivity contribution in [3.8, 4) is 5.82 Å². The Kier molecular flexibility index (Phi) is 4.32. The van der Waals surface area contributed by atoms with Crippen LogP contribution in [0.3, 0.4) is 0 Å². The fraction of sp³-hybridized carbons (Fsp3) is 0.200. The predicted octanol–water partition coefficient (Wildman–Crippen LogP) is 1.41. The molecule has 8 heteroatoms. The number of anilines is 1. The minimum Gasteiger partial charge on any atom is -0.459 e. The van der Waals surface area contributed by atoms with Gasteiger partial charge in [0.15, 0.2) is 11.6 Å². The van der Waals surface area contributed by atoms with Crippen molar-refractivity contribution in [3.63, 3.8) is 0 Å². The van der Waals surface area contributed by atoms with E-state index in [0.29, 0.717) is 30.5 Å². The Hall–Kier alpha value is -3.16. The zero-order valence-electron chi connectivity index (χ0n) is 12.6. The first-order valence-corrected chi connectivity index (χ1v) is 7.14. The molecule has 8 nitrogen and oxygen atoms in total. The minimum absolute atomic E-state index is 0.243. The molecular formula is C15H16N6O2. The molecule has 2 N–H and O–H groups in total. The predicted molar refractivity (Wildman–Crippen MR) is 83.4 cm³/mol. The Morgan fingerprint density at radius 3 is 2.78 bits per heavy atom. The number of hydrogen-bond donors (Lipinski definition) is 2. The van der Waals surface area contributed by atoms with Crippen LogP contribution in [-0.2, 0) is 0 Å². The van der Waals surface area contributed by atoms with Crippen molar-refractivity contribution in [3.05, 3.63) is 54.2 Å². The second kappa shape index (κ2) is 6.73. The third kappa shape index (κ3) is 3.73. The molecule has 1 amide bonds. The highest BCUT2D eigenvalue weighted by atomic mass is 16.3. The lowest BCUT2D eigenvalue weighted by Gasteiger charge is -2.06. The van der Waals surface area contributed by atoms with Gasteiger partial charge in [-0.15, -0.1) is 10.2 Å². The van der Waals surface area contributed by atoms with E-state index in [9.17, 15) is 4.79 Å². The molecule has 23 heavy (non-hydrogen) atoms. The Labute approximate surface area is 132 Å². The molecule has 0 atom stereocenters. The fourth-order valence-electron chi connectivity index (χ4n) is 1.95. The van der Waals surface area contributed by atoms with Crippen LogP contribution in [-0.4, -0.2) is 39.0 Å². The zero-order chi connectivity index (χ0) is 16.1. The summed E-state index contributed by atoms with van der Waals surface area (Å²) in [5.74, 6) is 1.33. The molecule has 0 spiro atoms. The first-order valence-electron chi connectivity index (χ1n) is 7.14. The van der Waals surface area contributed by atoms with E-state index in [1.807, 2.05) is 31.3 Å². The number of carbonyl (C=O) groups excluding carboxylic acids is 1. The van der Waals surface area contributed by atoms with Gasteiger partial charge in [0.05, 0.1) is 12.0 Å². The first kappa shape index (κ1) is 14.8. The number of rotatable bonds is 6. The van der Waals surface area contributed by atoms with Crippen molar-refractivity contribution in [2.24, 2.45) is 0 Å².